The van der Waals surface area contributed by atoms with Gasteiger partial charge in [-0.05, 0) is 36.8 Å². The third-order valence-corrected chi connectivity index (χ3v) is 8.20. The van der Waals surface area contributed by atoms with Gasteiger partial charge in [0.2, 0.25) is 10.0 Å². The second-order valence-electron chi connectivity index (χ2n) is 6.76. The molecule has 150 valence electrons. The van der Waals surface area contributed by atoms with Crippen LogP contribution in [0.2, 0.25) is 0 Å². The Hall–Kier alpha value is -1.83. The number of hydrogen-bond acceptors (Lipinski definition) is 4. The van der Waals surface area contributed by atoms with Crippen molar-refractivity contribution in [3.8, 4) is 0 Å². The molecule has 1 heterocycles. The number of fused-ring (bicyclic) bond motifs is 1. The quantitative estimate of drug-likeness (QED) is 0.728. The Morgan fingerprint density at radius 3 is 2.57 bits per heavy atom. The van der Waals surface area contributed by atoms with Gasteiger partial charge in [0.15, 0.2) is 0 Å². The molecule has 0 unspecified atom stereocenters. The molecule has 1 aliphatic heterocycles. The Bertz CT molecular complexity index is 956. The van der Waals surface area contributed by atoms with Gasteiger partial charge in [-0.2, -0.15) is 4.31 Å². The van der Waals surface area contributed by atoms with Crippen LogP contribution in [-0.2, 0) is 10.0 Å². The van der Waals surface area contributed by atoms with Gasteiger partial charge in [0.1, 0.15) is 0 Å². The van der Waals surface area contributed by atoms with Crippen molar-refractivity contribution in [2.45, 2.75) is 42.2 Å². The van der Waals surface area contributed by atoms with E-state index in [9.17, 15) is 13.2 Å². The summed E-state index contributed by atoms with van der Waals surface area (Å²) in [5.74, 6) is -0.168. The summed E-state index contributed by atoms with van der Waals surface area (Å²) in [7, 11) is -3.61. The molecule has 1 amide bonds. The van der Waals surface area contributed by atoms with E-state index in [-0.39, 0.29) is 10.8 Å². The summed E-state index contributed by atoms with van der Waals surface area (Å²) in [6, 6.07) is 14.3. The van der Waals surface area contributed by atoms with Crippen molar-refractivity contribution in [3.05, 3.63) is 54.1 Å². The van der Waals surface area contributed by atoms with Gasteiger partial charge in [0.25, 0.3) is 5.91 Å². The molecule has 0 spiro atoms. The summed E-state index contributed by atoms with van der Waals surface area (Å²) in [6.45, 7) is 7.17. The molecule has 28 heavy (non-hydrogen) atoms. The topological polar surface area (TPSA) is 57.7 Å². The molecule has 7 heteroatoms. The number of benzene rings is 2. The van der Waals surface area contributed by atoms with Crippen LogP contribution in [0.15, 0.2) is 58.3 Å². The summed E-state index contributed by atoms with van der Waals surface area (Å²) in [5, 5.41) is 0.410. The number of sulfonamides is 1. The molecule has 3 rings (SSSR count). The van der Waals surface area contributed by atoms with Crippen LogP contribution in [0.5, 0.6) is 0 Å². The molecule has 0 fully saturated rings. The van der Waals surface area contributed by atoms with Crippen molar-refractivity contribution in [1.82, 2.24) is 4.31 Å². The average molecular weight is 419 g/mol. The third kappa shape index (κ3) is 4.11. The molecule has 1 atom stereocenters. The zero-order chi connectivity index (χ0) is 20.3. The number of carbonyl (C=O) groups is 1. The molecule has 0 saturated heterocycles. The standard InChI is InChI=1S/C21H26N2O3S2/c1-4-22(5-2)28(25,26)18-10-8-9-17(15-18)21(24)23-14-13-16(3)27-20-12-7-6-11-19(20)23/h6-12,15-16H,4-5,13-14H2,1-3H3/t16-/m0/s1. The average Bonchev–Trinajstić information content (AvgIpc) is 2.86. The number of para-hydroxylation sites is 1. The first-order valence-corrected chi connectivity index (χ1v) is 11.9. The van der Waals surface area contributed by atoms with Gasteiger partial charge in [0, 0.05) is 35.3 Å². The lowest BCUT2D eigenvalue weighted by atomic mass is 10.1. The number of carbonyl (C=O) groups excluding carboxylic acids is 1. The van der Waals surface area contributed by atoms with Crippen LogP contribution >= 0.6 is 11.8 Å². The summed E-state index contributed by atoms with van der Waals surface area (Å²) in [6.07, 6.45) is 0.878. The normalized spacial score (nSPS) is 17.3. The lowest BCUT2D eigenvalue weighted by Crippen LogP contribution is -2.33. The molecule has 1 aliphatic rings. The van der Waals surface area contributed by atoms with Crippen LogP contribution in [0.25, 0.3) is 0 Å². The van der Waals surface area contributed by atoms with E-state index in [0.717, 1.165) is 17.0 Å². The highest BCUT2D eigenvalue weighted by molar-refractivity contribution is 8.00. The van der Waals surface area contributed by atoms with Crippen molar-refractivity contribution < 1.29 is 13.2 Å². The molecular formula is C21H26N2O3S2. The Morgan fingerprint density at radius 1 is 1.14 bits per heavy atom. The lowest BCUT2D eigenvalue weighted by molar-refractivity contribution is 0.0986. The lowest BCUT2D eigenvalue weighted by Gasteiger charge is -2.23. The van der Waals surface area contributed by atoms with E-state index in [4.69, 9.17) is 0 Å². The third-order valence-electron chi connectivity index (χ3n) is 4.91. The maximum Gasteiger partial charge on any atom is 0.258 e. The Balaban J connectivity index is 1.98. The Kier molecular flexibility index (Phi) is 6.47. The highest BCUT2D eigenvalue weighted by atomic mass is 32.2. The maximum atomic E-state index is 13.3. The number of thioether (sulfide) groups is 1. The molecule has 2 aromatic carbocycles. The minimum Gasteiger partial charge on any atom is -0.307 e. The zero-order valence-corrected chi connectivity index (χ0v) is 18.1. The molecule has 0 bridgehead atoms. The first-order chi connectivity index (χ1) is 13.4. The number of anilines is 1. The first kappa shape index (κ1) is 20.9. The van der Waals surface area contributed by atoms with Crippen molar-refractivity contribution in [1.29, 1.82) is 0 Å². The molecule has 0 aliphatic carbocycles. The van der Waals surface area contributed by atoms with E-state index in [1.54, 1.807) is 34.9 Å². The second kappa shape index (κ2) is 8.68. The van der Waals surface area contributed by atoms with Crippen molar-refractivity contribution in [2.75, 3.05) is 24.5 Å². The van der Waals surface area contributed by atoms with Gasteiger partial charge in [-0.3, -0.25) is 4.79 Å². The minimum absolute atomic E-state index is 0.160. The summed E-state index contributed by atoms with van der Waals surface area (Å²) >= 11 is 1.77. The van der Waals surface area contributed by atoms with Crippen LogP contribution in [0.4, 0.5) is 5.69 Å². The van der Waals surface area contributed by atoms with Crippen LogP contribution in [-0.4, -0.2) is 43.5 Å². The van der Waals surface area contributed by atoms with Gasteiger partial charge in [-0.1, -0.05) is 39.0 Å². The molecular weight excluding hydrogens is 392 g/mol. The number of amides is 1. The first-order valence-electron chi connectivity index (χ1n) is 9.56. The Morgan fingerprint density at radius 2 is 1.86 bits per heavy atom. The fourth-order valence-electron chi connectivity index (χ4n) is 3.36. The van der Waals surface area contributed by atoms with Crippen molar-refractivity contribution >= 4 is 33.4 Å². The summed E-state index contributed by atoms with van der Waals surface area (Å²) in [5.41, 5.74) is 1.28. The largest absolute Gasteiger partial charge is 0.307 e. The van der Waals surface area contributed by atoms with Crippen LogP contribution in [0, 0.1) is 0 Å². The van der Waals surface area contributed by atoms with E-state index in [1.807, 2.05) is 38.1 Å². The van der Waals surface area contributed by atoms with Crippen LogP contribution in [0.3, 0.4) is 0 Å². The van der Waals surface area contributed by atoms with E-state index in [0.29, 0.717) is 30.4 Å². The van der Waals surface area contributed by atoms with E-state index in [2.05, 4.69) is 6.92 Å². The fraction of sp³-hybridized carbons (Fsp3) is 0.381. The summed E-state index contributed by atoms with van der Waals surface area (Å²) < 4.78 is 27.1. The number of rotatable bonds is 5. The molecule has 0 saturated carbocycles. The molecule has 0 aromatic heterocycles. The SMILES string of the molecule is CCN(CC)S(=O)(=O)c1cccc(C(=O)N2CC[C@H](C)Sc3ccccc32)c1. The Labute approximate surface area is 171 Å². The van der Waals surface area contributed by atoms with Gasteiger partial charge in [0.05, 0.1) is 10.6 Å². The highest BCUT2D eigenvalue weighted by Crippen LogP contribution is 2.37. The molecule has 2 aromatic rings. The second-order valence-corrected chi connectivity index (χ2v) is 10.2. The van der Waals surface area contributed by atoms with Crippen molar-refractivity contribution in [3.63, 3.8) is 0 Å². The van der Waals surface area contributed by atoms with E-state index >= 15 is 0 Å². The number of hydrogen-bond donors (Lipinski definition) is 0. The molecule has 0 N–H and O–H groups in total. The maximum absolute atomic E-state index is 13.3. The number of nitrogens with zero attached hydrogens (tertiary/aromatic N) is 2. The predicted octanol–water partition coefficient (Wildman–Crippen LogP) is 4.25. The van der Waals surface area contributed by atoms with Gasteiger partial charge < -0.3 is 4.90 Å². The molecule has 0 radical (unpaired) electrons. The van der Waals surface area contributed by atoms with Crippen LogP contribution < -0.4 is 4.90 Å². The van der Waals surface area contributed by atoms with Gasteiger partial charge in [-0.15, -0.1) is 11.8 Å². The fourth-order valence-corrected chi connectivity index (χ4v) is 5.97. The van der Waals surface area contributed by atoms with Crippen LogP contribution in [0.1, 0.15) is 37.6 Å². The monoisotopic (exact) mass is 418 g/mol. The van der Waals surface area contributed by atoms with E-state index in [1.165, 1.54) is 10.4 Å². The highest BCUT2D eigenvalue weighted by Gasteiger charge is 2.27. The van der Waals surface area contributed by atoms with Gasteiger partial charge >= 0.3 is 0 Å². The van der Waals surface area contributed by atoms with Gasteiger partial charge in [-0.25, -0.2) is 8.42 Å². The predicted molar refractivity (Wildman–Crippen MR) is 115 cm³/mol. The van der Waals surface area contributed by atoms with Crippen molar-refractivity contribution in [2.24, 2.45) is 0 Å². The zero-order valence-electron chi connectivity index (χ0n) is 16.5. The minimum atomic E-state index is -3.61. The smallest absolute Gasteiger partial charge is 0.258 e. The molecule has 5 nitrogen and oxygen atoms in total. The van der Waals surface area contributed by atoms with E-state index < -0.39 is 10.0 Å². The summed E-state index contributed by atoms with van der Waals surface area (Å²) in [4.78, 5) is 16.3.